The minimum absolute atomic E-state index is 0.0662. The molecule has 0 radical (unpaired) electrons. The van der Waals surface area contributed by atoms with Gasteiger partial charge in [0.15, 0.2) is 0 Å². The number of fused-ring (bicyclic) bond motifs is 1. The fourth-order valence-corrected chi connectivity index (χ4v) is 4.05. The SMILES string of the molecule is Cc1csc(=O)n1Cc1c(C(=O)O)sc2cccc(F)c12. The number of carbonyl (C=O) groups is 1. The predicted octanol–water partition coefficient (Wildman–Crippen LogP) is 3.32. The Hall–Kier alpha value is -1.99. The number of aryl methyl sites for hydroxylation is 1. The molecule has 0 aliphatic rings. The van der Waals surface area contributed by atoms with Gasteiger partial charge in [0, 0.05) is 26.7 Å². The Morgan fingerprint density at radius 2 is 2.19 bits per heavy atom. The Balaban J connectivity index is 2.27. The van der Waals surface area contributed by atoms with Crippen LogP contribution in [0.5, 0.6) is 0 Å². The van der Waals surface area contributed by atoms with Crippen LogP contribution in [0.1, 0.15) is 20.9 Å². The van der Waals surface area contributed by atoms with Gasteiger partial charge >= 0.3 is 10.8 Å². The van der Waals surface area contributed by atoms with Gasteiger partial charge in [-0.25, -0.2) is 9.18 Å². The summed E-state index contributed by atoms with van der Waals surface area (Å²) in [5.41, 5.74) is 1.08. The summed E-state index contributed by atoms with van der Waals surface area (Å²) in [5.74, 6) is -1.57. The highest BCUT2D eigenvalue weighted by Gasteiger charge is 2.21. The van der Waals surface area contributed by atoms with Gasteiger partial charge in [-0.2, -0.15) is 0 Å². The molecule has 4 nitrogen and oxygen atoms in total. The molecule has 108 valence electrons. The summed E-state index contributed by atoms with van der Waals surface area (Å²) < 4.78 is 16.1. The third-order valence-corrected chi connectivity index (χ3v) is 5.32. The average molecular weight is 323 g/mol. The van der Waals surface area contributed by atoms with E-state index in [9.17, 15) is 19.1 Å². The normalized spacial score (nSPS) is 11.1. The quantitative estimate of drug-likeness (QED) is 0.804. The molecule has 1 N–H and O–H groups in total. The van der Waals surface area contributed by atoms with E-state index in [4.69, 9.17) is 0 Å². The molecular formula is C14H10FNO3S2. The smallest absolute Gasteiger partial charge is 0.346 e. The second-order valence-electron chi connectivity index (χ2n) is 4.56. The van der Waals surface area contributed by atoms with Crippen molar-refractivity contribution in [1.82, 2.24) is 4.57 Å². The van der Waals surface area contributed by atoms with Crippen LogP contribution in [0.3, 0.4) is 0 Å². The van der Waals surface area contributed by atoms with E-state index < -0.39 is 11.8 Å². The van der Waals surface area contributed by atoms with E-state index in [1.165, 1.54) is 10.6 Å². The summed E-state index contributed by atoms with van der Waals surface area (Å²) in [5, 5.41) is 11.3. The van der Waals surface area contributed by atoms with E-state index >= 15 is 0 Å². The highest BCUT2D eigenvalue weighted by Crippen LogP contribution is 2.33. The van der Waals surface area contributed by atoms with Gasteiger partial charge in [-0.3, -0.25) is 9.36 Å². The molecule has 2 aromatic heterocycles. The van der Waals surface area contributed by atoms with E-state index in [1.54, 1.807) is 24.4 Å². The molecule has 3 rings (SSSR count). The first-order valence-electron chi connectivity index (χ1n) is 6.07. The number of carboxylic acid groups (broad SMARTS) is 1. The Labute approximate surface area is 126 Å². The van der Waals surface area contributed by atoms with Crippen LogP contribution in [0.25, 0.3) is 10.1 Å². The van der Waals surface area contributed by atoms with E-state index in [2.05, 4.69) is 0 Å². The zero-order valence-corrected chi connectivity index (χ0v) is 12.6. The summed E-state index contributed by atoms with van der Waals surface area (Å²) in [6.07, 6.45) is 0. The molecule has 7 heteroatoms. The van der Waals surface area contributed by atoms with Gasteiger partial charge in [-0.15, -0.1) is 11.3 Å². The van der Waals surface area contributed by atoms with Crippen LogP contribution in [0.15, 0.2) is 28.4 Å². The third kappa shape index (κ3) is 2.28. The van der Waals surface area contributed by atoms with Crippen molar-refractivity contribution < 1.29 is 14.3 Å². The molecule has 21 heavy (non-hydrogen) atoms. The van der Waals surface area contributed by atoms with Crippen LogP contribution in [0.2, 0.25) is 0 Å². The first kappa shape index (κ1) is 14.0. The first-order chi connectivity index (χ1) is 9.99. The second-order valence-corrected chi connectivity index (χ2v) is 6.43. The summed E-state index contributed by atoms with van der Waals surface area (Å²) in [6.45, 7) is 1.83. The lowest BCUT2D eigenvalue weighted by Crippen LogP contribution is -2.16. The van der Waals surface area contributed by atoms with Gasteiger partial charge in [-0.1, -0.05) is 17.4 Å². The van der Waals surface area contributed by atoms with Crippen molar-refractivity contribution in [2.45, 2.75) is 13.5 Å². The van der Waals surface area contributed by atoms with Crippen molar-refractivity contribution in [2.24, 2.45) is 0 Å². The molecule has 0 saturated carbocycles. The number of hydrogen-bond donors (Lipinski definition) is 1. The lowest BCUT2D eigenvalue weighted by molar-refractivity contribution is 0.0701. The minimum Gasteiger partial charge on any atom is -0.477 e. The zero-order chi connectivity index (χ0) is 15.1. The van der Waals surface area contributed by atoms with Gasteiger partial charge in [0.25, 0.3) is 0 Å². The van der Waals surface area contributed by atoms with Crippen LogP contribution >= 0.6 is 22.7 Å². The predicted molar refractivity (Wildman–Crippen MR) is 81.2 cm³/mol. The van der Waals surface area contributed by atoms with Crippen molar-refractivity contribution in [3.8, 4) is 0 Å². The molecule has 0 aliphatic carbocycles. The van der Waals surface area contributed by atoms with Gasteiger partial charge in [0.1, 0.15) is 10.7 Å². The zero-order valence-electron chi connectivity index (χ0n) is 10.9. The summed E-state index contributed by atoms with van der Waals surface area (Å²) >= 11 is 2.07. The molecule has 0 fully saturated rings. The van der Waals surface area contributed by atoms with E-state index in [1.807, 2.05) is 0 Å². The molecule has 0 aliphatic heterocycles. The average Bonchev–Trinajstić information content (AvgIpc) is 2.95. The van der Waals surface area contributed by atoms with Crippen LogP contribution in [-0.2, 0) is 6.54 Å². The van der Waals surface area contributed by atoms with Crippen molar-refractivity contribution in [1.29, 1.82) is 0 Å². The molecule has 0 unspecified atom stereocenters. The van der Waals surface area contributed by atoms with Crippen molar-refractivity contribution >= 4 is 38.7 Å². The van der Waals surface area contributed by atoms with Crippen molar-refractivity contribution in [3.05, 3.63) is 55.2 Å². The van der Waals surface area contributed by atoms with Gasteiger partial charge in [-0.05, 0) is 19.1 Å². The topological polar surface area (TPSA) is 59.3 Å². The number of benzene rings is 1. The number of aromatic carboxylic acids is 1. The van der Waals surface area contributed by atoms with Gasteiger partial charge in [0.05, 0.1) is 6.54 Å². The van der Waals surface area contributed by atoms with Crippen LogP contribution < -0.4 is 4.87 Å². The monoisotopic (exact) mass is 323 g/mol. The van der Waals surface area contributed by atoms with Gasteiger partial charge < -0.3 is 5.11 Å². The number of carboxylic acids is 1. The molecule has 0 atom stereocenters. The fraction of sp³-hybridized carbons (Fsp3) is 0.143. The molecule has 0 amide bonds. The number of thiophene rings is 1. The summed E-state index contributed by atoms with van der Waals surface area (Å²) in [7, 11) is 0. The van der Waals surface area contributed by atoms with Crippen LogP contribution in [0, 0.1) is 12.7 Å². The number of aromatic nitrogens is 1. The summed E-state index contributed by atoms with van der Waals surface area (Å²) in [4.78, 5) is 23.1. The largest absolute Gasteiger partial charge is 0.477 e. The maximum Gasteiger partial charge on any atom is 0.346 e. The minimum atomic E-state index is -1.11. The Morgan fingerprint density at radius 3 is 2.81 bits per heavy atom. The molecule has 1 aromatic carbocycles. The highest BCUT2D eigenvalue weighted by atomic mass is 32.1. The van der Waals surface area contributed by atoms with Crippen LogP contribution in [-0.4, -0.2) is 15.6 Å². The second kappa shape index (κ2) is 5.09. The first-order valence-corrected chi connectivity index (χ1v) is 7.76. The van der Waals surface area contributed by atoms with Crippen molar-refractivity contribution in [3.63, 3.8) is 0 Å². The lowest BCUT2D eigenvalue weighted by Gasteiger charge is -2.05. The van der Waals surface area contributed by atoms with Gasteiger partial charge in [0.2, 0.25) is 0 Å². The van der Waals surface area contributed by atoms with Crippen LogP contribution in [0.4, 0.5) is 4.39 Å². The maximum atomic E-state index is 14.1. The molecule has 0 bridgehead atoms. The molecule has 0 spiro atoms. The fourth-order valence-electron chi connectivity index (χ4n) is 2.25. The Morgan fingerprint density at radius 1 is 1.43 bits per heavy atom. The number of rotatable bonds is 3. The number of hydrogen-bond acceptors (Lipinski definition) is 4. The molecule has 0 saturated heterocycles. The molecular weight excluding hydrogens is 313 g/mol. The number of halogens is 1. The Bertz CT molecular complexity index is 907. The third-order valence-electron chi connectivity index (χ3n) is 3.25. The number of nitrogens with zero attached hydrogens (tertiary/aromatic N) is 1. The summed E-state index contributed by atoms with van der Waals surface area (Å²) in [6, 6.07) is 4.53. The van der Waals surface area contributed by atoms with E-state index in [-0.39, 0.29) is 21.7 Å². The number of thiazole rings is 1. The van der Waals surface area contributed by atoms with E-state index in [0.29, 0.717) is 10.3 Å². The Kier molecular flexibility index (Phi) is 3.38. The lowest BCUT2D eigenvalue weighted by atomic mass is 10.1. The molecule has 3 aromatic rings. The standard InChI is InChI=1S/C14H10FNO3S2/c1-7-6-20-14(19)16(7)5-8-11-9(15)3-2-4-10(11)21-12(8)13(17)18/h2-4,6H,5H2,1H3,(H,17,18). The molecule has 2 heterocycles. The van der Waals surface area contributed by atoms with Crippen molar-refractivity contribution in [2.75, 3.05) is 0 Å². The van der Waals surface area contributed by atoms with E-state index in [0.717, 1.165) is 28.4 Å². The maximum absolute atomic E-state index is 14.1. The highest BCUT2D eigenvalue weighted by molar-refractivity contribution is 7.21.